The van der Waals surface area contributed by atoms with Gasteiger partial charge in [0, 0.05) is 33.2 Å². The minimum absolute atomic E-state index is 0. The van der Waals surface area contributed by atoms with Crippen LogP contribution in [0.5, 0.6) is 0 Å². The number of halogens is 5. The molecule has 1 aromatic rings. The van der Waals surface area contributed by atoms with E-state index in [0.717, 1.165) is 29.7 Å². The van der Waals surface area contributed by atoms with Crippen molar-refractivity contribution in [1.82, 2.24) is 0 Å². The zero-order chi connectivity index (χ0) is 21.7. The molecule has 0 saturated heterocycles. The zero-order valence-electron chi connectivity index (χ0n) is 18.3. The molecule has 1 unspecified atom stereocenters. The second-order valence-corrected chi connectivity index (χ2v) is 10.4. The molecule has 0 radical (unpaired) electrons. The van der Waals surface area contributed by atoms with Crippen molar-refractivity contribution in [2.45, 2.75) is 88.6 Å². The van der Waals surface area contributed by atoms with Gasteiger partial charge in [-0.15, -0.1) is 6.42 Å². The van der Waals surface area contributed by atoms with Crippen molar-refractivity contribution in [2.24, 2.45) is 0 Å². The lowest BCUT2D eigenvalue weighted by molar-refractivity contribution is -0.940. The van der Waals surface area contributed by atoms with Gasteiger partial charge in [-0.25, -0.2) is 0 Å². The van der Waals surface area contributed by atoms with E-state index in [1.165, 1.54) is 64.2 Å². The molecule has 0 bridgehead atoms. The number of rotatable bonds is 15. The first-order valence-electron chi connectivity index (χ1n) is 11.0. The van der Waals surface area contributed by atoms with Crippen molar-refractivity contribution in [2.75, 3.05) is 13.1 Å². The maximum atomic E-state index is 6.56. The van der Waals surface area contributed by atoms with E-state index in [0.29, 0.717) is 15.1 Å². The number of alkyl halides is 1. The zero-order valence-corrected chi connectivity index (χ0v) is 23.5. The molecule has 0 aromatic heterocycles. The Labute approximate surface area is 219 Å². The molecule has 1 atom stereocenters. The van der Waals surface area contributed by atoms with E-state index in [1.807, 2.05) is 0 Å². The Bertz CT molecular complexity index is 608. The SMILES string of the molecule is C#CC(I)[N+](CCCCCCC)(CCCCCCC)Cc1c(Cl)cc(Cl)cc1Cl.[Cl-]. The van der Waals surface area contributed by atoms with Crippen LogP contribution in [0.4, 0.5) is 0 Å². The van der Waals surface area contributed by atoms with Crippen LogP contribution in [0.3, 0.4) is 0 Å². The van der Waals surface area contributed by atoms with Crippen LogP contribution in [0.1, 0.15) is 83.6 Å². The minimum Gasteiger partial charge on any atom is -1.00 e. The van der Waals surface area contributed by atoms with Crippen molar-refractivity contribution >= 4 is 57.4 Å². The van der Waals surface area contributed by atoms with Crippen LogP contribution in [0.15, 0.2) is 12.1 Å². The smallest absolute Gasteiger partial charge is 0.200 e. The van der Waals surface area contributed by atoms with Gasteiger partial charge in [0.1, 0.15) is 6.54 Å². The standard InChI is InChI=1S/C24H36Cl3IN.ClH/c1-4-7-9-11-13-15-29(24(28)6-3,16-14-12-10-8-5-2)19-21-22(26)17-20(25)18-23(21)27;/h3,17-18,24H,4-5,7-16,19H2,1-2H3;1H/q+1;/p-1. The molecule has 1 aromatic carbocycles. The van der Waals surface area contributed by atoms with Crippen LogP contribution in [0.2, 0.25) is 15.1 Å². The number of hydrogen-bond donors (Lipinski definition) is 0. The highest BCUT2D eigenvalue weighted by Gasteiger charge is 2.35. The highest BCUT2D eigenvalue weighted by molar-refractivity contribution is 14.1. The van der Waals surface area contributed by atoms with Crippen LogP contribution in [0.25, 0.3) is 0 Å². The number of unbranched alkanes of at least 4 members (excludes halogenated alkanes) is 8. The first-order valence-corrected chi connectivity index (χ1v) is 13.4. The van der Waals surface area contributed by atoms with Crippen molar-refractivity contribution < 1.29 is 16.9 Å². The van der Waals surface area contributed by atoms with Crippen LogP contribution in [-0.2, 0) is 6.54 Å². The fourth-order valence-electron chi connectivity index (χ4n) is 3.83. The summed E-state index contributed by atoms with van der Waals surface area (Å²) < 4.78 is 0.934. The average Bonchev–Trinajstić information content (AvgIpc) is 2.69. The number of terminal acetylenes is 1. The predicted octanol–water partition coefficient (Wildman–Crippen LogP) is 6.30. The van der Waals surface area contributed by atoms with E-state index in [9.17, 15) is 0 Å². The highest BCUT2D eigenvalue weighted by Crippen LogP contribution is 2.35. The molecule has 6 heteroatoms. The van der Waals surface area contributed by atoms with E-state index < -0.39 is 0 Å². The molecule has 0 saturated carbocycles. The summed E-state index contributed by atoms with van der Waals surface area (Å²) in [5.41, 5.74) is 0.969. The van der Waals surface area contributed by atoms with Crippen LogP contribution in [0, 0.1) is 12.3 Å². The van der Waals surface area contributed by atoms with E-state index in [1.54, 1.807) is 12.1 Å². The Morgan fingerprint density at radius 2 is 1.30 bits per heavy atom. The summed E-state index contributed by atoms with van der Waals surface area (Å²) in [4.78, 5) is 0. The number of nitrogens with zero attached hydrogens (tertiary/aromatic N) is 1. The van der Waals surface area contributed by atoms with Gasteiger partial charge in [-0.3, -0.25) is 4.48 Å². The fourth-order valence-corrected chi connectivity index (χ4v) is 5.52. The number of quaternary nitrogens is 1. The third-order valence-corrected chi connectivity index (χ3v) is 8.05. The summed E-state index contributed by atoms with van der Waals surface area (Å²) in [5, 5.41) is 1.86. The van der Waals surface area contributed by atoms with Gasteiger partial charge in [-0.1, -0.05) is 87.2 Å². The van der Waals surface area contributed by atoms with Crippen LogP contribution < -0.4 is 12.4 Å². The predicted molar refractivity (Wildman–Crippen MR) is 139 cm³/mol. The molecule has 172 valence electrons. The Morgan fingerprint density at radius 3 is 1.70 bits per heavy atom. The summed E-state index contributed by atoms with van der Waals surface area (Å²) >= 11 is 21.7. The molecular weight excluding hydrogens is 571 g/mol. The normalized spacial score (nSPS) is 12.3. The molecule has 1 rings (SSSR count). The molecule has 0 spiro atoms. The lowest BCUT2D eigenvalue weighted by atomic mass is 10.1. The number of hydrogen-bond acceptors (Lipinski definition) is 0. The van der Waals surface area contributed by atoms with Gasteiger partial charge >= 0.3 is 0 Å². The van der Waals surface area contributed by atoms with E-state index >= 15 is 0 Å². The summed E-state index contributed by atoms with van der Waals surface area (Å²) in [6.07, 6.45) is 18.5. The molecule has 1 nitrogen and oxygen atoms in total. The van der Waals surface area contributed by atoms with E-state index in [2.05, 4.69) is 42.4 Å². The first kappa shape index (κ1) is 30.6. The van der Waals surface area contributed by atoms with E-state index in [4.69, 9.17) is 41.2 Å². The van der Waals surface area contributed by atoms with E-state index in [-0.39, 0.29) is 16.5 Å². The summed E-state index contributed by atoms with van der Waals surface area (Å²) in [6.45, 7) is 7.38. The van der Waals surface area contributed by atoms with Crippen molar-refractivity contribution in [3.05, 3.63) is 32.8 Å². The monoisotopic (exact) mass is 605 g/mol. The van der Waals surface area contributed by atoms with Crippen molar-refractivity contribution in [3.8, 4) is 12.3 Å². The largest absolute Gasteiger partial charge is 1.00 e. The number of benzene rings is 1. The second-order valence-electron chi connectivity index (χ2n) is 8.00. The Kier molecular flexibility index (Phi) is 17.5. The molecule has 0 N–H and O–H groups in total. The lowest BCUT2D eigenvalue weighted by Gasteiger charge is -2.41. The molecule has 30 heavy (non-hydrogen) atoms. The second kappa shape index (κ2) is 17.2. The molecule has 0 aliphatic carbocycles. The van der Waals surface area contributed by atoms with Crippen molar-refractivity contribution in [1.29, 1.82) is 0 Å². The van der Waals surface area contributed by atoms with Crippen LogP contribution >= 0.6 is 57.4 Å². The quantitative estimate of drug-likeness (QED) is 0.0549. The highest BCUT2D eigenvalue weighted by atomic mass is 127. The Balaban J connectivity index is 0.00000841. The van der Waals surface area contributed by atoms with Gasteiger partial charge in [0.05, 0.1) is 23.1 Å². The first-order chi connectivity index (χ1) is 13.9. The fraction of sp³-hybridized carbons (Fsp3) is 0.667. The van der Waals surface area contributed by atoms with Gasteiger partial charge in [0.2, 0.25) is 4.05 Å². The van der Waals surface area contributed by atoms with Gasteiger partial charge in [-0.2, -0.15) is 0 Å². The maximum absolute atomic E-state index is 6.56. The van der Waals surface area contributed by atoms with Gasteiger partial charge in [0.15, 0.2) is 0 Å². The third kappa shape index (κ3) is 10.5. The van der Waals surface area contributed by atoms with Crippen molar-refractivity contribution in [3.63, 3.8) is 0 Å². The van der Waals surface area contributed by atoms with Crippen LogP contribution in [-0.4, -0.2) is 21.6 Å². The topological polar surface area (TPSA) is 0 Å². The summed E-state index contributed by atoms with van der Waals surface area (Å²) in [6, 6.07) is 3.58. The molecule has 0 aliphatic heterocycles. The van der Waals surface area contributed by atoms with Gasteiger partial charge in [-0.05, 0) is 43.7 Å². The summed E-state index contributed by atoms with van der Waals surface area (Å²) in [5.74, 6) is 3.03. The molecule has 0 heterocycles. The minimum atomic E-state index is 0. The Hall–Kier alpha value is 0.630. The Morgan fingerprint density at radius 1 is 0.867 bits per heavy atom. The average molecular weight is 607 g/mol. The van der Waals surface area contributed by atoms with Gasteiger partial charge in [0.25, 0.3) is 0 Å². The summed E-state index contributed by atoms with van der Waals surface area (Å²) in [7, 11) is 0. The molecule has 0 fully saturated rings. The molecule has 0 amide bonds. The molecular formula is C24H36Cl4IN. The maximum Gasteiger partial charge on any atom is 0.200 e. The molecule has 0 aliphatic rings. The lowest BCUT2D eigenvalue weighted by Crippen LogP contribution is -3.00. The van der Waals surface area contributed by atoms with Gasteiger partial charge < -0.3 is 12.4 Å². The third-order valence-electron chi connectivity index (χ3n) is 5.61.